The van der Waals surface area contributed by atoms with Crippen molar-refractivity contribution in [2.45, 2.75) is 65.0 Å². The van der Waals surface area contributed by atoms with Crippen molar-refractivity contribution in [2.24, 2.45) is 0 Å². The summed E-state index contributed by atoms with van der Waals surface area (Å²) >= 11 is 0. The van der Waals surface area contributed by atoms with Crippen LogP contribution in [0, 0.1) is 0 Å². The van der Waals surface area contributed by atoms with Crippen LogP contribution in [0.3, 0.4) is 0 Å². The van der Waals surface area contributed by atoms with Crippen molar-refractivity contribution >= 4 is 5.69 Å². The summed E-state index contributed by atoms with van der Waals surface area (Å²) in [6, 6.07) is 0.275. The summed E-state index contributed by atoms with van der Waals surface area (Å²) in [5.41, 5.74) is 7.60. The Labute approximate surface area is 102 Å². The summed E-state index contributed by atoms with van der Waals surface area (Å²) in [5, 5.41) is 0. The molecule has 0 aromatic carbocycles. The molecule has 0 bridgehead atoms. The van der Waals surface area contributed by atoms with E-state index in [9.17, 15) is 4.79 Å². The highest BCUT2D eigenvalue weighted by atomic mass is 16.1. The summed E-state index contributed by atoms with van der Waals surface area (Å²) in [4.78, 5) is 12.3. The van der Waals surface area contributed by atoms with Gasteiger partial charge in [0, 0.05) is 12.5 Å². The first kappa shape index (κ1) is 12.3. The van der Waals surface area contributed by atoms with Gasteiger partial charge >= 0.3 is 0 Å². The van der Waals surface area contributed by atoms with E-state index in [0.717, 1.165) is 25.1 Å². The van der Waals surface area contributed by atoms with E-state index in [1.807, 2.05) is 4.68 Å². The van der Waals surface area contributed by atoms with E-state index in [-0.39, 0.29) is 11.6 Å². The Hall–Kier alpha value is -1.19. The second-order valence-electron chi connectivity index (χ2n) is 4.91. The third-order valence-corrected chi connectivity index (χ3v) is 3.80. The van der Waals surface area contributed by atoms with Crippen LogP contribution in [0.25, 0.3) is 0 Å². The van der Waals surface area contributed by atoms with Gasteiger partial charge < -0.3 is 5.73 Å². The van der Waals surface area contributed by atoms with Crippen LogP contribution in [-0.2, 0) is 6.54 Å². The summed E-state index contributed by atoms with van der Waals surface area (Å²) in [6.07, 6.45) is 4.31. The summed E-state index contributed by atoms with van der Waals surface area (Å²) in [7, 11) is 0. The Balaban J connectivity index is 2.57. The number of anilines is 1. The zero-order chi connectivity index (χ0) is 12.6. The molecule has 1 aliphatic rings. The van der Waals surface area contributed by atoms with Crippen LogP contribution in [0.15, 0.2) is 4.79 Å². The predicted molar refractivity (Wildman–Crippen MR) is 70.4 cm³/mol. The van der Waals surface area contributed by atoms with Crippen molar-refractivity contribution in [1.82, 2.24) is 9.36 Å². The average molecular weight is 237 g/mol. The number of hydrogen-bond donors (Lipinski definition) is 1. The number of nitrogens with two attached hydrogens (primary N) is 1. The summed E-state index contributed by atoms with van der Waals surface area (Å²) in [5.74, 6) is 0.526. The Morgan fingerprint density at radius 3 is 2.29 bits per heavy atom. The molecule has 4 nitrogen and oxygen atoms in total. The van der Waals surface area contributed by atoms with E-state index in [2.05, 4.69) is 25.5 Å². The Kier molecular flexibility index (Phi) is 3.31. The molecule has 96 valence electrons. The highest BCUT2D eigenvalue weighted by Crippen LogP contribution is 2.42. The smallest absolute Gasteiger partial charge is 0.290 e. The summed E-state index contributed by atoms with van der Waals surface area (Å²) < 4.78 is 4.01. The van der Waals surface area contributed by atoms with E-state index in [1.165, 1.54) is 12.8 Å². The maximum absolute atomic E-state index is 12.3. The molecule has 0 radical (unpaired) electrons. The molecule has 0 amide bonds. The Morgan fingerprint density at radius 1 is 1.29 bits per heavy atom. The van der Waals surface area contributed by atoms with Gasteiger partial charge in [-0.25, -0.2) is 4.68 Å². The van der Waals surface area contributed by atoms with Gasteiger partial charge in [-0.15, -0.1) is 0 Å². The lowest BCUT2D eigenvalue weighted by Crippen LogP contribution is -2.28. The molecule has 1 aliphatic carbocycles. The minimum absolute atomic E-state index is 0.0162. The number of nitrogens with zero attached hydrogens (tertiary/aromatic N) is 2. The Morgan fingerprint density at radius 2 is 1.88 bits per heavy atom. The molecule has 1 aromatic heterocycles. The predicted octanol–water partition coefficient (Wildman–Crippen LogP) is 2.49. The topological polar surface area (TPSA) is 52.9 Å². The molecule has 1 heterocycles. The van der Waals surface area contributed by atoms with Crippen LogP contribution in [-0.4, -0.2) is 9.36 Å². The molecule has 0 saturated heterocycles. The summed E-state index contributed by atoms with van der Waals surface area (Å²) in [6.45, 7) is 7.17. The van der Waals surface area contributed by atoms with Crippen molar-refractivity contribution in [1.29, 1.82) is 0 Å². The van der Waals surface area contributed by atoms with Gasteiger partial charge in [0.2, 0.25) is 0 Å². The number of hydrogen-bond acceptors (Lipinski definition) is 2. The van der Waals surface area contributed by atoms with Gasteiger partial charge in [-0.1, -0.05) is 13.8 Å². The monoisotopic (exact) mass is 237 g/mol. The zero-order valence-electron chi connectivity index (χ0n) is 11.1. The third kappa shape index (κ3) is 1.90. The van der Waals surface area contributed by atoms with Gasteiger partial charge in [0.15, 0.2) is 0 Å². The fourth-order valence-corrected chi connectivity index (χ4v) is 2.71. The van der Waals surface area contributed by atoms with E-state index < -0.39 is 0 Å². The van der Waals surface area contributed by atoms with Crippen LogP contribution in [0.4, 0.5) is 5.69 Å². The van der Waals surface area contributed by atoms with Crippen LogP contribution >= 0.6 is 0 Å². The Bertz CT molecular complexity index is 450. The SMILES string of the molecule is CCC(CC)n1c(=O)c(N)c(C2CC2)n1CC. The fraction of sp³-hybridized carbons (Fsp3) is 0.769. The zero-order valence-corrected chi connectivity index (χ0v) is 11.1. The van der Waals surface area contributed by atoms with E-state index in [0.29, 0.717) is 11.6 Å². The molecule has 17 heavy (non-hydrogen) atoms. The van der Waals surface area contributed by atoms with Crippen LogP contribution in [0.1, 0.15) is 64.1 Å². The maximum atomic E-state index is 12.3. The fourth-order valence-electron chi connectivity index (χ4n) is 2.71. The van der Waals surface area contributed by atoms with Crippen molar-refractivity contribution in [3.05, 3.63) is 16.0 Å². The van der Waals surface area contributed by atoms with Gasteiger partial charge in [0.05, 0.1) is 11.7 Å². The van der Waals surface area contributed by atoms with Crippen LogP contribution < -0.4 is 11.3 Å². The quantitative estimate of drug-likeness (QED) is 0.855. The molecular weight excluding hydrogens is 214 g/mol. The van der Waals surface area contributed by atoms with Gasteiger partial charge in [-0.3, -0.25) is 9.48 Å². The lowest BCUT2D eigenvalue weighted by Gasteiger charge is -2.20. The molecule has 4 heteroatoms. The molecule has 1 aromatic rings. The van der Waals surface area contributed by atoms with Gasteiger partial charge in [0.1, 0.15) is 5.69 Å². The molecule has 0 spiro atoms. The lowest BCUT2D eigenvalue weighted by molar-refractivity contribution is 0.343. The van der Waals surface area contributed by atoms with Crippen molar-refractivity contribution in [3.63, 3.8) is 0 Å². The van der Waals surface area contributed by atoms with E-state index >= 15 is 0 Å². The minimum Gasteiger partial charge on any atom is -0.393 e. The molecule has 2 rings (SSSR count). The molecule has 0 atom stereocenters. The number of aromatic nitrogens is 2. The van der Waals surface area contributed by atoms with Crippen LogP contribution in [0.2, 0.25) is 0 Å². The molecule has 0 unspecified atom stereocenters. The molecular formula is C13H23N3O. The highest BCUT2D eigenvalue weighted by Gasteiger charge is 2.32. The van der Waals surface area contributed by atoms with E-state index in [4.69, 9.17) is 5.73 Å². The third-order valence-electron chi connectivity index (χ3n) is 3.80. The van der Waals surface area contributed by atoms with Crippen molar-refractivity contribution < 1.29 is 0 Å². The van der Waals surface area contributed by atoms with Crippen molar-refractivity contribution in [3.8, 4) is 0 Å². The average Bonchev–Trinajstić information content (AvgIpc) is 3.13. The lowest BCUT2D eigenvalue weighted by atomic mass is 10.2. The molecule has 2 N–H and O–H groups in total. The second-order valence-corrected chi connectivity index (χ2v) is 4.91. The van der Waals surface area contributed by atoms with Crippen LogP contribution in [0.5, 0.6) is 0 Å². The highest BCUT2D eigenvalue weighted by molar-refractivity contribution is 5.45. The number of nitrogen functional groups attached to an aromatic ring is 1. The first-order valence-electron chi connectivity index (χ1n) is 6.76. The molecule has 0 aliphatic heterocycles. The van der Waals surface area contributed by atoms with Gasteiger partial charge in [-0.2, -0.15) is 0 Å². The first-order valence-corrected chi connectivity index (χ1v) is 6.76. The minimum atomic E-state index is 0.0162. The normalized spacial score (nSPS) is 15.8. The second kappa shape index (κ2) is 4.59. The van der Waals surface area contributed by atoms with Gasteiger partial charge in [0.25, 0.3) is 5.56 Å². The first-order chi connectivity index (χ1) is 8.15. The van der Waals surface area contributed by atoms with E-state index in [1.54, 1.807) is 0 Å². The number of rotatable bonds is 5. The van der Waals surface area contributed by atoms with Gasteiger partial charge in [-0.05, 0) is 32.6 Å². The molecule has 1 fully saturated rings. The largest absolute Gasteiger partial charge is 0.393 e. The standard InChI is InChI=1S/C13H23N3O/c1-4-10(5-2)16-13(17)11(14)12(9-7-8-9)15(16)6-3/h9-10H,4-8,14H2,1-3H3. The maximum Gasteiger partial charge on any atom is 0.290 e. The van der Waals surface area contributed by atoms with Crippen molar-refractivity contribution in [2.75, 3.05) is 5.73 Å². The molecule has 1 saturated carbocycles.